The molecular formula is C35H43N3O10. The third-order valence-electron chi connectivity index (χ3n) is 10.5. The summed E-state index contributed by atoms with van der Waals surface area (Å²) in [4.78, 5) is 49.9. The molecule has 2 fully saturated rings. The van der Waals surface area contributed by atoms with Crippen molar-refractivity contribution < 1.29 is 49.4 Å². The standard InChI is InChI=1S/C35H43N3O10/c1-17-30(41)23(36-18(2)38-10-8-37(3)9-11-38)13-20(48-17)12-19-14-35(46,25(40)16-39)15-22-26(19)33(44)29-28(32(22)43)31(42)21-6-5-7-24(47-4)27(21)34(29)45/h5-7,17,19-20,23,30,39,41,43-44,46H,8-16H2,1-4H3/b36-18-/t17?,19-,20?,23?,30?,35?/m0/s1. The van der Waals surface area contributed by atoms with Crippen LogP contribution < -0.4 is 4.74 Å². The Kier molecular flexibility index (Phi) is 9.11. The number of fused-ring (bicyclic) bond motifs is 3. The molecule has 0 radical (unpaired) electrons. The highest BCUT2D eigenvalue weighted by atomic mass is 16.5. The number of hydrogen-bond donors (Lipinski definition) is 5. The number of carbonyl (C=O) groups excluding carboxylic acids is 3. The number of aliphatic imine (C=N–C) groups is 1. The third kappa shape index (κ3) is 5.67. The number of phenols is 2. The van der Waals surface area contributed by atoms with Crippen molar-refractivity contribution in [3.8, 4) is 17.2 Å². The maximum Gasteiger partial charge on any atom is 0.202 e. The van der Waals surface area contributed by atoms with Crippen LogP contribution in [0.1, 0.15) is 82.0 Å². The lowest BCUT2D eigenvalue weighted by atomic mass is 9.67. The molecular weight excluding hydrogens is 622 g/mol. The third-order valence-corrected chi connectivity index (χ3v) is 10.5. The zero-order chi connectivity index (χ0) is 34.7. The molecule has 0 saturated carbocycles. The van der Waals surface area contributed by atoms with E-state index in [0.29, 0.717) is 0 Å². The minimum absolute atomic E-state index is 0.0165. The van der Waals surface area contributed by atoms with Crippen molar-refractivity contribution in [2.75, 3.05) is 46.9 Å². The quantitative estimate of drug-likeness (QED) is 0.144. The molecule has 2 saturated heterocycles. The number of ether oxygens (including phenoxy) is 2. The number of nitrogens with zero attached hydrogens (tertiary/aromatic N) is 3. The van der Waals surface area contributed by atoms with Gasteiger partial charge < -0.3 is 44.8 Å². The second kappa shape index (κ2) is 12.9. The van der Waals surface area contributed by atoms with Crippen LogP contribution >= 0.6 is 0 Å². The second-order valence-corrected chi connectivity index (χ2v) is 13.5. The highest BCUT2D eigenvalue weighted by molar-refractivity contribution is 6.31. The molecule has 13 nitrogen and oxygen atoms in total. The number of amidine groups is 1. The summed E-state index contributed by atoms with van der Waals surface area (Å²) in [6, 6.07) is 3.96. The van der Waals surface area contributed by atoms with Gasteiger partial charge >= 0.3 is 0 Å². The molecule has 2 heterocycles. The van der Waals surface area contributed by atoms with Crippen LogP contribution in [0.5, 0.6) is 17.2 Å². The van der Waals surface area contributed by atoms with Gasteiger partial charge in [0, 0.05) is 49.3 Å². The van der Waals surface area contributed by atoms with Gasteiger partial charge in [0.2, 0.25) is 5.78 Å². The summed E-state index contributed by atoms with van der Waals surface area (Å²) < 4.78 is 11.6. The highest BCUT2D eigenvalue weighted by Gasteiger charge is 2.49. The summed E-state index contributed by atoms with van der Waals surface area (Å²) in [5.74, 6) is -3.37. The largest absolute Gasteiger partial charge is 0.507 e. The minimum atomic E-state index is -2.14. The van der Waals surface area contributed by atoms with Gasteiger partial charge in [-0.1, -0.05) is 12.1 Å². The van der Waals surface area contributed by atoms with Gasteiger partial charge in [0.1, 0.15) is 35.6 Å². The number of piperazine rings is 1. The second-order valence-electron chi connectivity index (χ2n) is 13.5. The van der Waals surface area contributed by atoms with Crippen LogP contribution in [0.4, 0.5) is 0 Å². The molecule has 258 valence electrons. The van der Waals surface area contributed by atoms with Crippen molar-refractivity contribution in [3.05, 3.63) is 51.6 Å². The Morgan fingerprint density at radius 2 is 1.77 bits per heavy atom. The number of Topliss-reactive ketones (excluding diaryl/α,β-unsaturated/α-hetero) is 1. The molecule has 2 aliphatic heterocycles. The topological polar surface area (TPSA) is 190 Å². The molecule has 2 aliphatic carbocycles. The Hall–Kier alpha value is -3.88. The van der Waals surface area contributed by atoms with Crippen LogP contribution in [0, 0.1) is 0 Å². The number of hydrogen-bond acceptors (Lipinski definition) is 12. The number of carbonyl (C=O) groups is 3. The summed E-state index contributed by atoms with van der Waals surface area (Å²) in [6.45, 7) is 6.10. The monoisotopic (exact) mass is 665 g/mol. The molecule has 2 aromatic carbocycles. The number of aromatic hydroxyl groups is 2. The van der Waals surface area contributed by atoms with Crippen molar-refractivity contribution in [2.24, 2.45) is 4.99 Å². The van der Waals surface area contributed by atoms with E-state index in [-0.39, 0.29) is 52.8 Å². The van der Waals surface area contributed by atoms with Gasteiger partial charge in [-0.15, -0.1) is 0 Å². The molecule has 6 atom stereocenters. The first kappa shape index (κ1) is 34.0. The van der Waals surface area contributed by atoms with Gasteiger partial charge in [0.25, 0.3) is 0 Å². The van der Waals surface area contributed by atoms with E-state index in [4.69, 9.17) is 14.5 Å². The van der Waals surface area contributed by atoms with E-state index in [2.05, 4.69) is 16.8 Å². The lowest BCUT2D eigenvalue weighted by Gasteiger charge is -2.42. The van der Waals surface area contributed by atoms with Gasteiger partial charge in [-0.3, -0.25) is 19.4 Å². The number of aliphatic hydroxyl groups is 3. The number of benzene rings is 2. The Balaban J connectivity index is 1.40. The van der Waals surface area contributed by atoms with E-state index in [9.17, 15) is 39.9 Å². The van der Waals surface area contributed by atoms with Gasteiger partial charge in [-0.25, -0.2) is 0 Å². The van der Waals surface area contributed by atoms with Crippen LogP contribution in [-0.2, 0) is 16.0 Å². The predicted octanol–water partition coefficient (Wildman–Crippen LogP) is 1.17. The molecule has 4 aliphatic rings. The maximum atomic E-state index is 13.9. The van der Waals surface area contributed by atoms with Gasteiger partial charge in [-0.05, 0) is 52.1 Å². The summed E-state index contributed by atoms with van der Waals surface area (Å²) in [5, 5.41) is 55.9. The molecule has 48 heavy (non-hydrogen) atoms. The minimum Gasteiger partial charge on any atom is -0.507 e. The Bertz CT molecular complexity index is 1680. The summed E-state index contributed by atoms with van der Waals surface area (Å²) in [5.41, 5.74) is -2.92. The van der Waals surface area contributed by atoms with Gasteiger partial charge in [0.15, 0.2) is 11.6 Å². The number of ketones is 3. The van der Waals surface area contributed by atoms with Crippen LogP contribution in [-0.4, -0.2) is 135 Å². The molecule has 5 N–H and O–H groups in total. The molecule has 0 bridgehead atoms. The molecule has 13 heteroatoms. The van der Waals surface area contributed by atoms with Crippen LogP contribution in [0.3, 0.4) is 0 Å². The van der Waals surface area contributed by atoms with Crippen molar-refractivity contribution in [3.63, 3.8) is 0 Å². The molecule has 2 aromatic rings. The van der Waals surface area contributed by atoms with Crippen molar-refractivity contribution in [1.82, 2.24) is 9.80 Å². The molecule has 0 amide bonds. The Morgan fingerprint density at radius 3 is 2.44 bits per heavy atom. The smallest absolute Gasteiger partial charge is 0.202 e. The van der Waals surface area contributed by atoms with Crippen molar-refractivity contribution in [2.45, 2.75) is 75.4 Å². The van der Waals surface area contributed by atoms with E-state index in [1.54, 1.807) is 6.92 Å². The maximum absolute atomic E-state index is 13.9. The first-order valence-corrected chi connectivity index (χ1v) is 16.3. The molecule has 0 aromatic heterocycles. The SMILES string of the molecule is COc1cccc2c1C(=O)c1c(O)c3c(c(O)c1C2=O)CC(O)(C(=O)CO)C[C@@H]3CC1CC(/N=C(/C)N2CCN(C)CC2)C(O)C(C)O1. The zero-order valence-corrected chi connectivity index (χ0v) is 27.6. The fourth-order valence-electron chi connectivity index (χ4n) is 7.88. The lowest BCUT2D eigenvalue weighted by molar-refractivity contribution is -0.144. The van der Waals surface area contributed by atoms with Crippen molar-refractivity contribution in [1.29, 1.82) is 0 Å². The molecule has 5 unspecified atom stereocenters. The Morgan fingerprint density at radius 1 is 1.08 bits per heavy atom. The number of phenolic OH excluding ortho intramolecular Hbond substituents is 2. The van der Waals surface area contributed by atoms with E-state index < -0.39 is 83.3 Å². The average Bonchev–Trinajstić information content (AvgIpc) is 3.06. The van der Waals surface area contributed by atoms with Gasteiger partial charge in [0.05, 0.1) is 47.9 Å². The number of likely N-dealkylation sites (N-methyl/N-ethyl adjacent to an activating group) is 1. The van der Waals surface area contributed by atoms with Crippen molar-refractivity contribution >= 4 is 23.2 Å². The average molecular weight is 666 g/mol. The first-order valence-electron chi connectivity index (χ1n) is 16.3. The summed E-state index contributed by atoms with van der Waals surface area (Å²) in [6.07, 6.45) is -2.43. The first-order chi connectivity index (χ1) is 22.8. The number of rotatable bonds is 6. The fraction of sp³-hybridized carbons (Fsp3) is 0.543. The number of aliphatic hydroxyl groups excluding tert-OH is 2. The lowest BCUT2D eigenvalue weighted by Crippen LogP contribution is -2.50. The van der Waals surface area contributed by atoms with E-state index >= 15 is 0 Å². The number of methoxy groups -OCH3 is 1. The van der Waals surface area contributed by atoms with E-state index in [1.807, 2.05) is 6.92 Å². The zero-order valence-electron chi connectivity index (χ0n) is 27.6. The van der Waals surface area contributed by atoms with E-state index in [0.717, 1.165) is 32.0 Å². The van der Waals surface area contributed by atoms with Gasteiger partial charge in [-0.2, -0.15) is 0 Å². The summed E-state index contributed by atoms with van der Waals surface area (Å²) >= 11 is 0. The van der Waals surface area contributed by atoms with Crippen LogP contribution in [0.25, 0.3) is 0 Å². The molecule has 0 spiro atoms. The van der Waals surface area contributed by atoms with E-state index in [1.165, 1.54) is 25.3 Å². The predicted molar refractivity (Wildman–Crippen MR) is 173 cm³/mol. The Labute approximate surface area is 278 Å². The highest BCUT2D eigenvalue weighted by Crippen LogP contribution is 2.53. The van der Waals surface area contributed by atoms with Crippen LogP contribution in [0.2, 0.25) is 0 Å². The van der Waals surface area contributed by atoms with Crippen LogP contribution in [0.15, 0.2) is 23.2 Å². The fourth-order valence-corrected chi connectivity index (χ4v) is 7.88. The summed E-state index contributed by atoms with van der Waals surface area (Å²) in [7, 11) is 3.42. The normalized spacial score (nSPS) is 29.3. The molecule has 6 rings (SSSR count).